The fourth-order valence-electron chi connectivity index (χ4n) is 5.59. The van der Waals surface area contributed by atoms with Crippen LogP contribution >= 0.6 is 0 Å². The van der Waals surface area contributed by atoms with E-state index in [1.165, 1.54) is 0 Å². The second-order valence-electron chi connectivity index (χ2n) is 11.7. The van der Waals surface area contributed by atoms with Gasteiger partial charge in [-0.05, 0) is 64.3 Å². The van der Waals surface area contributed by atoms with Crippen LogP contribution in [0, 0.1) is 6.92 Å². The number of imidazole rings is 1. The highest BCUT2D eigenvalue weighted by Gasteiger charge is 2.31. The molecule has 2 aliphatic heterocycles. The minimum absolute atomic E-state index is 0.196. The van der Waals surface area contributed by atoms with Crippen molar-refractivity contribution in [2.24, 2.45) is 0 Å². The van der Waals surface area contributed by atoms with Gasteiger partial charge in [0.1, 0.15) is 22.9 Å². The zero-order valence-electron chi connectivity index (χ0n) is 23.6. The van der Waals surface area contributed by atoms with Gasteiger partial charge in [-0.2, -0.15) is 0 Å². The third-order valence-electron chi connectivity index (χ3n) is 7.54. The van der Waals surface area contributed by atoms with Crippen molar-refractivity contribution >= 4 is 23.4 Å². The van der Waals surface area contributed by atoms with Crippen LogP contribution in [-0.2, 0) is 4.74 Å². The zero-order valence-corrected chi connectivity index (χ0v) is 23.6. The number of hydrogen-bond acceptors (Lipinski definition) is 7. The molecular formula is C29H41N7O2. The van der Waals surface area contributed by atoms with Gasteiger partial charge in [0.15, 0.2) is 0 Å². The molecule has 5 rings (SSSR count). The van der Waals surface area contributed by atoms with Crippen molar-refractivity contribution in [3.05, 3.63) is 42.4 Å². The van der Waals surface area contributed by atoms with E-state index < -0.39 is 5.60 Å². The van der Waals surface area contributed by atoms with Crippen LogP contribution in [0.5, 0.6) is 0 Å². The Hall–Kier alpha value is -3.33. The van der Waals surface area contributed by atoms with Gasteiger partial charge in [-0.15, -0.1) is 0 Å². The first kappa shape index (κ1) is 26.3. The first-order chi connectivity index (χ1) is 18.1. The average Bonchev–Trinajstić information content (AvgIpc) is 3.37. The van der Waals surface area contributed by atoms with Gasteiger partial charge in [0.25, 0.3) is 0 Å². The number of piperidine rings is 1. The molecule has 38 heavy (non-hydrogen) atoms. The van der Waals surface area contributed by atoms with Gasteiger partial charge in [-0.25, -0.2) is 14.8 Å². The molecule has 2 fully saturated rings. The first-order valence-electron chi connectivity index (χ1n) is 13.7. The lowest BCUT2D eigenvalue weighted by Gasteiger charge is -2.43. The van der Waals surface area contributed by atoms with Crippen molar-refractivity contribution in [3.63, 3.8) is 0 Å². The monoisotopic (exact) mass is 519 g/mol. The van der Waals surface area contributed by atoms with E-state index in [1.807, 2.05) is 38.1 Å². The van der Waals surface area contributed by atoms with Crippen LogP contribution in [0.1, 0.15) is 39.2 Å². The number of aryl methyl sites for hydroxylation is 1. The molecule has 0 spiro atoms. The van der Waals surface area contributed by atoms with Gasteiger partial charge >= 0.3 is 6.09 Å². The Morgan fingerprint density at radius 3 is 2.42 bits per heavy atom. The second kappa shape index (κ2) is 10.4. The molecule has 0 aromatic carbocycles. The SMILES string of the molecule is Cc1cc(-c2ccc(N3CCC(N4CCN(C(=O)OC(C)(C)C)CC4)CC3)nc2N(C)C)cn2ccnc12. The highest BCUT2D eigenvalue weighted by Crippen LogP contribution is 2.33. The second-order valence-corrected chi connectivity index (χ2v) is 11.7. The number of carbonyl (C=O) groups is 1. The number of amides is 1. The van der Waals surface area contributed by atoms with Gasteiger partial charge in [0.2, 0.25) is 0 Å². The Labute approximate surface area is 226 Å². The number of ether oxygens (including phenoxy) is 1. The molecule has 1 amide bonds. The summed E-state index contributed by atoms with van der Waals surface area (Å²) in [6.45, 7) is 13.1. The van der Waals surface area contributed by atoms with Gasteiger partial charge < -0.3 is 23.8 Å². The van der Waals surface area contributed by atoms with Gasteiger partial charge in [-0.1, -0.05) is 0 Å². The summed E-state index contributed by atoms with van der Waals surface area (Å²) in [6.07, 6.45) is 7.97. The molecule has 204 valence electrons. The average molecular weight is 520 g/mol. The first-order valence-corrected chi connectivity index (χ1v) is 13.7. The highest BCUT2D eigenvalue weighted by molar-refractivity contribution is 5.78. The van der Waals surface area contributed by atoms with Crippen molar-refractivity contribution in [2.75, 3.05) is 63.2 Å². The summed E-state index contributed by atoms with van der Waals surface area (Å²) in [7, 11) is 4.11. The Kier molecular flexibility index (Phi) is 7.22. The van der Waals surface area contributed by atoms with Crippen molar-refractivity contribution in [1.29, 1.82) is 0 Å². The zero-order chi connectivity index (χ0) is 27.0. The normalized spacial score (nSPS) is 17.7. The molecule has 0 saturated carbocycles. The van der Waals surface area contributed by atoms with E-state index >= 15 is 0 Å². The lowest BCUT2D eigenvalue weighted by Crippen LogP contribution is -2.55. The Morgan fingerprint density at radius 1 is 1.05 bits per heavy atom. The van der Waals surface area contributed by atoms with E-state index in [2.05, 4.69) is 69.5 Å². The number of anilines is 2. The Balaban J connectivity index is 1.22. The summed E-state index contributed by atoms with van der Waals surface area (Å²) in [5.41, 5.74) is 3.94. The summed E-state index contributed by atoms with van der Waals surface area (Å²) < 4.78 is 7.63. The van der Waals surface area contributed by atoms with E-state index in [-0.39, 0.29) is 6.09 Å². The fourth-order valence-corrected chi connectivity index (χ4v) is 5.59. The minimum atomic E-state index is -0.452. The van der Waals surface area contributed by atoms with Crippen molar-refractivity contribution in [2.45, 2.75) is 52.2 Å². The predicted molar refractivity (Wildman–Crippen MR) is 152 cm³/mol. The molecule has 0 radical (unpaired) electrons. The molecule has 5 heterocycles. The highest BCUT2D eigenvalue weighted by atomic mass is 16.6. The van der Waals surface area contributed by atoms with Crippen LogP contribution in [0.3, 0.4) is 0 Å². The quantitative estimate of drug-likeness (QED) is 0.509. The summed E-state index contributed by atoms with van der Waals surface area (Å²) in [5.74, 6) is 2.01. The van der Waals surface area contributed by atoms with E-state index in [0.717, 1.165) is 86.1 Å². The maximum absolute atomic E-state index is 12.4. The van der Waals surface area contributed by atoms with Crippen LogP contribution < -0.4 is 9.80 Å². The van der Waals surface area contributed by atoms with Gasteiger partial charge in [0, 0.05) is 89.1 Å². The van der Waals surface area contributed by atoms with Crippen LogP contribution in [0.15, 0.2) is 36.8 Å². The molecule has 0 bridgehead atoms. The molecule has 0 N–H and O–H groups in total. The molecule has 2 aliphatic rings. The van der Waals surface area contributed by atoms with E-state index in [1.54, 1.807) is 0 Å². The molecule has 0 atom stereocenters. The van der Waals surface area contributed by atoms with Crippen LogP contribution in [0.25, 0.3) is 16.8 Å². The standard InChI is InChI=1S/C29H41N7O2/c1-21-19-22(20-36-14-11-30-26(21)36)24-7-8-25(31-27(24)32(5)6)34-12-9-23(10-13-34)33-15-17-35(18-16-33)28(37)38-29(2,3)4/h7-8,11,14,19-20,23H,9-10,12-13,15-18H2,1-6H3. The fraction of sp³-hybridized carbons (Fsp3) is 0.552. The molecule has 3 aromatic rings. The summed E-state index contributed by atoms with van der Waals surface area (Å²) in [5, 5.41) is 0. The Morgan fingerprint density at radius 2 is 1.76 bits per heavy atom. The number of fused-ring (bicyclic) bond motifs is 1. The molecule has 9 nitrogen and oxygen atoms in total. The molecule has 0 aliphatic carbocycles. The van der Waals surface area contributed by atoms with Crippen LogP contribution in [0.2, 0.25) is 0 Å². The summed E-state index contributed by atoms with van der Waals surface area (Å²) in [4.78, 5) is 30.9. The number of rotatable bonds is 4. The Bertz CT molecular complexity index is 1280. The third kappa shape index (κ3) is 5.57. The van der Waals surface area contributed by atoms with E-state index in [9.17, 15) is 4.79 Å². The topological polar surface area (TPSA) is 69.5 Å². The summed E-state index contributed by atoms with van der Waals surface area (Å²) >= 11 is 0. The maximum atomic E-state index is 12.4. The van der Waals surface area contributed by atoms with E-state index in [4.69, 9.17) is 9.72 Å². The number of aromatic nitrogens is 3. The lowest BCUT2D eigenvalue weighted by atomic mass is 10.0. The predicted octanol–water partition coefficient (Wildman–Crippen LogP) is 4.29. The minimum Gasteiger partial charge on any atom is -0.444 e. The lowest BCUT2D eigenvalue weighted by molar-refractivity contribution is 0.00901. The molecule has 3 aromatic heterocycles. The summed E-state index contributed by atoms with van der Waals surface area (Å²) in [6, 6.07) is 7.11. The number of piperazine rings is 1. The number of carbonyl (C=O) groups excluding carboxylic acids is 1. The molecule has 9 heteroatoms. The molecule has 0 unspecified atom stereocenters. The smallest absolute Gasteiger partial charge is 0.410 e. The van der Waals surface area contributed by atoms with Crippen molar-refractivity contribution < 1.29 is 9.53 Å². The van der Waals surface area contributed by atoms with E-state index in [0.29, 0.717) is 6.04 Å². The van der Waals surface area contributed by atoms with Gasteiger partial charge in [-0.3, -0.25) is 4.90 Å². The van der Waals surface area contributed by atoms with Crippen molar-refractivity contribution in [3.8, 4) is 11.1 Å². The molecule has 2 saturated heterocycles. The van der Waals surface area contributed by atoms with Crippen molar-refractivity contribution in [1.82, 2.24) is 24.2 Å². The number of nitrogens with zero attached hydrogens (tertiary/aromatic N) is 7. The number of pyridine rings is 2. The number of hydrogen-bond donors (Lipinski definition) is 0. The third-order valence-corrected chi connectivity index (χ3v) is 7.54. The van der Waals surface area contributed by atoms with Crippen LogP contribution in [-0.4, -0.2) is 95.3 Å². The maximum Gasteiger partial charge on any atom is 0.410 e. The molecular weight excluding hydrogens is 478 g/mol. The van der Waals surface area contributed by atoms with Crippen LogP contribution in [0.4, 0.5) is 16.4 Å². The largest absolute Gasteiger partial charge is 0.444 e. The van der Waals surface area contributed by atoms with Gasteiger partial charge in [0.05, 0.1) is 0 Å².